The lowest BCUT2D eigenvalue weighted by atomic mass is 10.2. The Balaban J connectivity index is 1.77. The minimum Gasteiger partial charge on any atom is -0.483 e. The van der Waals surface area contributed by atoms with Crippen LogP contribution in [0, 0.1) is 0 Å². The van der Waals surface area contributed by atoms with E-state index in [4.69, 9.17) is 9.47 Å². The van der Waals surface area contributed by atoms with E-state index >= 15 is 0 Å². The molecule has 3 rings (SSSR count). The maximum absolute atomic E-state index is 12.4. The number of para-hydroxylation sites is 2. The first kappa shape index (κ1) is 16.3. The highest BCUT2D eigenvalue weighted by Crippen LogP contribution is 2.26. The van der Waals surface area contributed by atoms with Crippen molar-refractivity contribution < 1.29 is 14.3 Å². The van der Waals surface area contributed by atoms with E-state index in [1.54, 1.807) is 29.0 Å². The van der Waals surface area contributed by atoms with Gasteiger partial charge in [0, 0.05) is 23.9 Å². The minimum absolute atomic E-state index is 0.0121. The van der Waals surface area contributed by atoms with E-state index < -0.39 is 0 Å². The number of amides is 1. The number of pyridine rings is 1. The molecule has 0 radical (unpaired) electrons. The Kier molecular flexibility index (Phi) is 4.66. The molecule has 1 aromatic heterocycles. The average Bonchev–Trinajstić information content (AvgIpc) is 2.51. The number of nitrogens with zero attached hydrogens (tertiary/aromatic N) is 1. The molecular weight excluding hydrogens is 308 g/mol. The smallest absolute Gasteiger partial charge is 0.256 e. The SMILES string of the molecule is CC(C)n1ccc(C(=O)Nc2ccccc2OC2COC2)cc1=O. The van der Waals surface area contributed by atoms with E-state index in [1.807, 2.05) is 26.0 Å². The highest BCUT2D eigenvalue weighted by Gasteiger charge is 2.21. The van der Waals surface area contributed by atoms with Gasteiger partial charge in [-0.2, -0.15) is 0 Å². The third-order valence-corrected chi connectivity index (χ3v) is 3.80. The number of aromatic nitrogens is 1. The number of ether oxygens (including phenoxy) is 2. The molecule has 0 saturated carbocycles. The van der Waals surface area contributed by atoms with Crippen LogP contribution in [0.15, 0.2) is 47.4 Å². The Hall–Kier alpha value is -2.60. The summed E-state index contributed by atoms with van der Waals surface area (Å²) < 4.78 is 12.5. The van der Waals surface area contributed by atoms with Gasteiger partial charge in [-0.05, 0) is 32.0 Å². The lowest BCUT2D eigenvalue weighted by Crippen LogP contribution is -2.38. The topological polar surface area (TPSA) is 69.6 Å². The van der Waals surface area contributed by atoms with Crippen LogP contribution in [0.2, 0.25) is 0 Å². The molecule has 6 heteroatoms. The highest BCUT2D eigenvalue weighted by molar-refractivity contribution is 6.04. The number of hydrogen-bond donors (Lipinski definition) is 1. The molecule has 1 fully saturated rings. The van der Waals surface area contributed by atoms with E-state index in [0.29, 0.717) is 30.2 Å². The molecule has 6 nitrogen and oxygen atoms in total. The van der Waals surface area contributed by atoms with Gasteiger partial charge in [-0.25, -0.2) is 0 Å². The summed E-state index contributed by atoms with van der Waals surface area (Å²) in [5.41, 5.74) is 0.690. The van der Waals surface area contributed by atoms with Crippen molar-refractivity contribution in [3.63, 3.8) is 0 Å². The van der Waals surface area contributed by atoms with Gasteiger partial charge >= 0.3 is 0 Å². The van der Waals surface area contributed by atoms with E-state index in [0.717, 1.165) is 0 Å². The molecule has 0 unspecified atom stereocenters. The normalized spacial score (nSPS) is 14.3. The Morgan fingerprint density at radius 1 is 1.29 bits per heavy atom. The number of anilines is 1. The van der Waals surface area contributed by atoms with Crippen LogP contribution >= 0.6 is 0 Å². The van der Waals surface area contributed by atoms with Crippen LogP contribution in [-0.4, -0.2) is 29.8 Å². The monoisotopic (exact) mass is 328 g/mol. The molecule has 2 heterocycles. The van der Waals surface area contributed by atoms with E-state index in [9.17, 15) is 9.59 Å². The van der Waals surface area contributed by atoms with E-state index in [-0.39, 0.29) is 23.6 Å². The number of carbonyl (C=O) groups is 1. The van der Waals surface area contributed by atoms with Gasteiger partial charge < -0.3 is 19.4 Å². The van der Waals surface area contributed by atoms with Crippen LogP contribution in [-0.2, 0) is 4.74 Å². The van der Waals surface area contributed by atoms with Crippen LogP contribution in [0.3, 0.4) is 0 Å². The van der Waals surface area contributed by atoms with Gasteiger partial charge in [0.1, 0.15) is 11.9 Å². The zero-order valence-corrected chi connectivity index (χ0v) is 13.7. The second kappa shape index (κ2) is 6.88. The van der Waals surface area contributed by atoms with E-state index in [1.165, 1.54) is 6.07 Å². The quantitative estimate of drug-likeness (QED) is 0.915. The van der Waals surface area contributed by atoms with E-state index in [2.05, 4.69) is 5.32 Å². The fourth-order valence-electron chi connectivity index (χ4n) is 2.39. The summed E-state index contributed by atoms with van der Waals surface area (Å²) in [5.74, 6) is 0.249. The largest absolute Gasteiger partial charge is 0.483 e. The lowest BCUT2D eigenvalue weighted by molar-refractivity contribution is -0.0794. The van der Waals surface area contributed by atoms with Crippen LogP contribution in [0.5, 0.6) is 5.75 Å². The molecule has 0 atom stereocenters. The molecule has 1 N–H and O–H groups in total. The number of nitrogens with one attached hydrogen (secondary N) is 1. The van der Waals surface area contributed by atoms with Crippen molar-refractivity contribution in [1.29, 1.82) is 0 Å². The zero-order valence-electron chi connectivity index (χ0n) is 13.7. The Morgan fingerprint density at radius 3 is 2.67 bits per heavy atom. The van der Waals surface area contributed by atoms with Gasteiger partial charge in [-0.3, -0.25) is 9.59 Å². The fourth-order valence-corrected chi connectivity index (χ4v) is 2.39. The van der Waals surface area contributed by atoms with Crippen molar-refractivity contribution in [2.45, 2.75) is 26.0 Å². The first-order valence-electron chi connectivity index (χ1n) is 7.91. The summed E-state index contributed by atoms with van der Waals surface area (Å²) in [4.78, 5) is 24.5. The first-order valence-corrected chi connectivity index (χ1v) is 7.91. The molecule has 0 aliphatic carbocycles. The zero-order chi connectivity index (χ0) is 17.1. The van der Waals surface area contributed by atoms with Gasteiger partial charge in [0.25, 0.3) is 11.5 Å². The van der Waals surface area contributed by atoms with Gasteiger partial charge in [-0.15, -0.1) is 0 Å². The Morgan fingerprint density at radius 2 is 2.04 bits per heavy atom. The summed E-state index contributed by atoms with van der Waals surface area (Å²) in [7, 11) is 0. The first-order chi connectivity index (χ1) is 11.5. The van der Waals surface area contributed by atoms with Gasteiger partial charge in [-0.1, -0.05) is 12.1 Å². The average molecular weight is 328 g/mol. The number of rotatable bonds is 5. The number of carbonyl (C=O) groups excluding carboxylic acids is 1. The minimum atomic E-state index is -0.344. The van der Waals surface area contributed by atoms with Gasteiger partial charge in [0.2, 0.25) is 0 Å². The summed E-state index contributed by atoms with van der Waals surface area (Å²) in [6.45, 7) is 4.93. The molecule has 1 aliphatic heterocycles. The predicted octanol–water partition coefficient (Wildman–Crippen LogP) is 2.46. The second-order valence-electron chi connectivity index (χ2n) is 5.98. The molecule has 0 bridgehead atoms. The molecule has 1 amide bonds. The van der Waals surface area contributed by atoms with Crippen LogP contribution in [0.25, 0.3) is 0 Å². The Bertz CT molecular complexity index is 794. The van der Waals surface area contributed by atoms with Crippen molar-refractivity contribution in [2.24, 2.45) is 0 Å². The third-order valence-electron chi connectivity index (χ3n) is 3.80. The molecule has 1 aromatic carbocycles. The number of benzene rings is 1. The standard InChI is InChI=1S/C18H20N2O4/c1-12(2)20-8-7-13(9-17(20)21)18(22)19-15-5-3-4-6-16(15)24-14-10-23-11-14/h3-9,12,14H,10-11H2,1-2H3,(H,19,22). The fraction of sp³-hybridized carbons (Fsp3) is 0.333. The van der Waals surface area contributed by atoms with Crippen molar-refractivity contribution in [3.05, 3.63) is 58.5 Å². The van der Waals surface area contributed by atoms with Crippen molar-refractivity contribution in [1.82, 2.24) is 4.57 Å². The van der Waals surface area contributed by atoms with Crippen molar-refractivity contribution in [2.75, 3.05) is 18.5 Å². The summed E-state index contributed by atoms with van der Waals surface area (Å²) >= 11 is 0. The van der Waals surface area contributed by atoms with Crippen LogP contribution in [0.1, 0.15) is 30.2 Å². The molecular formula is C18H20N2O4. The molecule has 0 spiro atoms. The third kappa shape index (κ3) is 3.49. The summed E-state index contributed by atoms with van der Waals surface area (Å²) in [5, 5.41) is 2.80. The van der Waals surface area contributed by atoms with Crippen molar-refractivity contribution in [3.8, 4) is 5.75 Å². The van der Waals surface area contributed by atoms with Gasteiger partial charge in [0.15, 0.2) is 0 Å². The molecule has 1 aliphatic rings. The highest BCUT2D eigenvalue weighted by atomic mass is 16.6. The lowest BCUT2D eigenvalue weighted by Gasteiger charge is -2.27. The molecule has 24 heavy (non-hydrogen) atoms. The molecule has 2 aromatic rings. The predicted molar refractivity (Wildman–Crippen MR) is 90.7 cm³/mol. The molecule has 1 saturated heterocycles. The Labute approximate surface area is 140 Å². The van der Waals surface area contributed by atoms with Crippen molar-refractivity contribution >= 4 is 11.6 Å². The number of hydrogen-bond acceptors (Lipinski definition) is 4. The van der Waals surface area contributed by atoms with Gasteiger partial charge in [0.05, 0.1) is 18.9 Å². The maximum Gasteiger partial charge on any atom is 0.256 e. The maximum atomic E-state index is 12.4. The van der Waals surface area contributed by atoms with Crippen LogP contribution < -0.4 is 15.6 Å². The summed E-state index contributed by atoms with van der Waals surface area (Å²) in [6, 6.07) is 10.3. The summed E-state index contributed by atoms with van der Waals surface area (Å²) in [6.07, 6.45) is 1.65. The second-order valence-corrected chi connectivity index (χ2v) is 5.98. The molecule has 126 valence electrons. The van der Waals surface area contributed by atoms with Crippen LogP contribution in [0.4, 0.5) is 5.69 Å².